The highest BCUT2D eigenvalue weighted by Gasteiger charge is 2.10. The highest BCUT2D eigenvalue weighted by molar-refractivity contribution is 5.91. The molecule has 1 aromatic carbocycles. The van der Waals surface area contributed by atoms with Gasteiger partial charge in [0.1, 0.15) is 6.54 Å². The van der Waals surface area contributed by atoms with Crippen LogP contribution in [0.5, 0.6) is 0 Å². The van der Waals surface area contributed by atoms with Gasteiger partial charge in [0.25, 0.3) is 0 Å². The number of nitrogens with zero attached hydrogens (tertiary/aromatic N) is 4. The number of amides is 3. The molecule has 0 fully saturated rings. The Hall–Kier alpha value is -2.90. The highest BCUT2D eigenvalue weighted by Crippen LogP contribution is 2.12. The van der Waals surface area contributed by atoms with E-state index < -0.39 is 0 Å². The predicted molar refractivity (Wildman–Crippen MR) is 82.5 cm³/mol. The molecule has 0 unspecified atom stereocenters. The Morgan fingerprint density at radius 3 is 2.64 bits per heavy atom. The third-order valence-corrected chi connectivity index (χ3v) is 2.88. The third kappa shape index (κ3) is 4.05. The van der Waals surface area contributed by atoms with E-state index in [4.69, 9.17) is 0 Å². The third-order valence-electron chi connectivity index (χ3n) is 2.88. The summed E-state index contributed by atoms with van der Waals surface area (Å²) in [6.45, 7) is 1.88. The minimum Gasteiger partial charge on any atom is -0.331 e. The molecule has 2 N–H and O–H groups in total. The Bertz CT molecular complexity index is 679. The molecule has 0 saturated heterocycles. The van der Waals surface area contributed by atoms with E-state index in [0.717, 1.165) is 11.3 Å². The van der Waals surface area contributed by atoms with Gasteiger partial charge in [-0.15, -0.1) is 5.10 Å². The summed E-state index contributed by atoms with van der Waals surface area (Å²) in [6, 6.07) is 7.18. The second-order valence-corrected chi connectivity index (χ2v) is 4.95. The number of carbonyl (C=O) groups is 2. The molecule has 0 atom stereocenters. The Balaban J connectivity index is 1.94. The number of aromatic nitrogens is 3. The van der Waals surface area contributed by atoms with E-state index in [0.29, 0.717) is 5.82 Å². The van der Waals surface area contributed by atoms with Crippen LogP contribution in [-0.2, 0) is 11.3 Å². The van der Waals surface area contributed by atoms with Gasteiger partial charge in [-0.3, -0.25) is 10.1 Å². The first-order valence-corrected chi connectivity index (χ1v) is 6.69. The van der Waals surface area contributed by atoms with Gasteiger partial charge in [0.2, 0.25) is 5.91 Å². The lowest BCUT2D eigenvalue weighted by molar-refractivity contribution is -0.117. The van der Waals surface area contributed by atoms with Crippen LogP contribution in [0.25, 0.3) is 0 Å². The number of benzene rings is 1. The van der Waals surface area contributed by atoms with Crippen molar-refractivity contribution in [1.82, 2.24) is 19.9 Å². The average molecular weight is 302 g/mol. The van der Waals surface area contributed by atoms with Crippen LogP contribution >= 0.6 is 0 Å². The fourth-order valence-electron chi connectivity index (χ4n) is 1.68. The molecular formula is C14H18N6O2. The molecule has 0 aliphatic carbocycles. The van der Waals surface area contributed by atoms with Gasteiger partial charge in [-0.2, -0.15) is 9.90 Å². The van der Waals surface area contributed by atoms with Crippen LogP contribution in [0.2, 0.25) is 0 Å². The average Bonchev–Trinajstić information content (AvgIpc) is 2.88. The number of nitrogens with one attached hydrogen (secondary N) is 2. The van der Waals surface area contributed by atoms with Gasteiger partial charge in [0.05, 0.1) is 6.20 Å². The van der Waals surface area contributed by atoms with E-state index in [1.165, 1.54) is 15.9 Å². The summed E-state index contributed by atoms with van der Waals surface area (Å²) >= 11 is 0. The van der Waals surface area contributed by atoms with Crippen LogP contribution in [0.4, 0.5) is 16.3 Å². The number of hydrogen-bond acceptors (Lipinski definition) is 4. The molecule has 0 bridgehead atoms. The van der Waals surface area contributed by atoms with Crippen molar-refractivity contribution in [2.45, 2.75) is 13.5 Å². The molecule has 0 radical (unpaired) electrons. The minimum absolute atomic E-state index is 0.0355. The van der Waals surface area contributed by atoms with E-state index in [9.17, 15) is 9.59 Å². The first kappa shape index (κ1) is 15.5. The molecule has 22 heavy (non-hydrogen) atoms. The molecule has 8 nitrogen and oxygen atoms in total. The first-order chi connectivity index (χ1) is 10.5. The summed E-state index contributed by atoms with van der Waals surface area (Å²) in [7, 11) is 3.24. The second-order valence-electron chi connectivity index (χ2n) is 4.95. The molecule has 0 aliphatic rings. The van der Waals surface area contributed by atoms with Crippen molar-refractivity contribution < 1.29 is 9.59 Å². The number of carbonyl (C=O) groups excluding carboxylic acids is 2. The lowest BCUT2D eigenvalue weighted by atomic mass is 10.2. The highest BCUT2D eigenvalue weighted by atomic mass is 16.2. The number of rotatable bonds is 4. The molecule has 1 heterocycles. The summed E-state index contributed by atoms with van der Waals surface area (Å²) in [5.74, 6) is 0.0535. The Morgan fingerprint density at radius 2 is 1.95 bits per heavy atom. The van der Waals surface area contributed by atoms with Crippen molar-refractivity contribution in [3.8, 4) is 0 Å². The van der Waals surface area contributed by atoms with Gasteiger partial charge in [0, 0.05) is 19.8 Å². The molecule has 8 heteroatoms. The van der Waals surface area contributed by atoms with Crippen LogP contribution in [0.3, 0.4) is 0 Å². The lowest BCUT2D eigenvalue weighted by Crippen LogP contribution is -2.27. The number of anilines is 2. The maximum atomic E-state index is 12.0. The molecular weight excluding hydrogens is 284 g/mol. The van der Waals surface area contributed by atoms with Gasteiger partial charge in [-0.1, -0.05) is 18.2 Å². The SMILES string of the molecule is Cc1ccccc1NC(=O)Cn1ncc(NC(=O)N(C)C)n1. The van der Waals surface area contributed by atoms with Crippen molar-refractivity contribution in [2.75, 3.05) is 24.7 Å². The van der Waals surface area contributed by atoms with Crippen molar-refractivity contribution in [1.29, 1.82) is 0 Å². The maximum Gasteiger partial charge on any atom is 0.322 e. The number of aryl methyl sites for hydroxylation is 1. The zero-order chi connectivity index (χ0) is 16.1. The minimum atomic E-state index is -0.309. The molecule has 3 amide bonds. The van der Waals surface area contributed by atoms with Gasteiger partial charge in [-0.25, -0.2) is 4.79 Å². The molecule has 0 saturated carbocycles. The van der Waals surface area contributed by atoms with Crippen LogP contribution in [-0.4, -0.2) is 45.9 Å². The number of urea groups is 1. The van der Waals surface area contributed by atoms with E-state index in [1.54, 1.807) is 14.1 Å². The second kappa shape index (κ2) is 6.70. The zero-order valence-corrected chi connectivity index (χ0v) is 12.7. The summed E-state index contributed by atoms with van der Waals surface area (Å²) < 4.78 is 0. The van der Waals surface area contributed by atoms with Gasteiger partial charge >= 0.3 is 6.03 Å². The molecule has 0 aliphatic heterocycles. The van der Waals surface area contributed by atoms with Crippen molar-refractivity contribution in [3.05, 3.63) is 36.0 Å². The topological polar surface area (TPSA) is 92.2 Å². The van der Waals surface area contributed by atoms with E-state index in [2.05, 4.69) is 20.8 Å². The summed E-state index contributed by atoms with van der Waals surface area (Å²) in [5.41, 5.74) is 1.73. The molecule has 2 rings (SSSR count). The van der Waals surface area contributed by atoms with Crippen LogP contribution in [0.1, 0.15) is 5.56 Å². The van der Waals surface area contributed by atoms with E-state index in [-0.39, 0.29) is 18.5 Å². The zero-order valence-electron chi connectivity index (χ0n) is 12.7. The van der Waals surface area contributed by atoms with Gasteiger partial charge < -0.3 is 10.2 Å². The molecule has 116 valence electrons. The lowest BCUT2D eigenvalue weighted by Gasteiger charge is -2.09. The quantitative estimate of drug-likeness (QED) is 0.891. The van der Waals surface area contributed by atoms with Crippen molar-refractivity contribution in [3.63, 3.8) is 0 Å². The molecule has 1 aromatic heterocycles. The summed E-state index contributed by atoms with van der Waals surface area (Å²) in [5, 5.41) is 13.3. The van der Waals surface area contributed by atoms with Crippen LogP contribution < -0.4 is 10.6 Å². The standard InChI is InChI=1S/C14H18N6O2/c1-10-6-4-5-7-11(10)16-13(21)9-20-15-8-12(18-20)17-14(22)19(2)3/h4-8H,9H2,1-3H3,(H,16,21)(H,17,18,22). The predicted octanol–water partition coefficient (Wildman–Crippen LogP) is 1.32. The van der Waals surface area contributed by atoms with Crippen LogP contribution in [0.15, 0.2) is 30.5 Å². The maximum absolute atomic E-state index is 12.0. The first-order valence-electron chi connectivity index (χ1n) is 6.69. The fraction of sp³-hybridized carbons (Fsp3) is 0.286. The van der Waals surface area contributed by atoms with Crippen molar-refractivity contribution >= 4 is 23.4 Å². The van der Waals surface area contributed by atoms with Gasteiger partial charge in [0.15, 0.2) is 5.82 Å². The summed E-state index contributed by atoms with van der Waals surface area (Å²) in [6.07, 6.45) is 1.39. The smallest absolute Gasteiger partial charge is 0.322 e. The largest absolute Gasteiger partial charge is 0.331 e. The monoisotopic (exact) mass is 302 g/mol. The molecule has 0 spiro atoms. The van der Waals surface area contributed by atoms with Crippen LogP contribution in [0, 0.1) is 6.92 Å². The normalized spacial score (nSPS) is 10.1. The summed E-state index contributed by atoms with van der Waals surface area (Å²) in [4.78, 5) is 26.0. The number of para-hydroxylation sites is 1. The Morgan fingerprint density at radius 1 is 1.23 bits per heavy atom. The van der Waals surface area contributed by atoms with Gasteiger partial charge in [-0.05, 0) is 18.6 Å². The van der Waals surface area contributed by atoms with E-state index in [1.807, 2.05) is 31.2 Å². The number of hydrogen-bond donors (Lipinski definition) is 2. The van der Waals surface area contributed by atoms with E-state index >= 15 is 0 Å². The fourth-order valence-corrected chi connectivity index (χ4v) is 1.68. The molecule has 2 aromatic rings. The Kier molecular flexibility index (Phi) is 4.72. The van der Waals surface area contributed by atoms with Crippen molar-refractivity contribution in [2.24, 2.45) is 0 Å². The Labute approximate surface area is 128 Å².